The predicted molar refractivity (Wildman–Crippen MR) is 65.5 cm³/mol. The van der Waals surface area contributed by atoms with Crippen molar-refractivity contribution in [3.05, 3.63) is 35.5 Å². The van der Waals surface area contributed by atoms with E-state index in [2.05, 4.69) is 19.9 Å². The SMILES string of the molecule is CC(C)c1cccc2cc(C(N)=O)n(C)c12. The Morgan fingerprint density at radius 2 is 2.06 bits per heavy atom. The van der Waals surface area contributed by atoms with Crippen molar-refractivity contribution in [2.24, 2.45) is 12.8 Å². The number of nitrogens with zero attached hydrogens (tertiary/aromatic N) is 1. The zero-order chi connectivity index (χ0) is 11.9. The maximum atomic E-state index is 11.3. The van der Waals surface area contributed by atoms with E-state index in [9.17, 15) is 4.79 Å². The number of primary amides is 1. The van der Waals surface area contributed by atoms with Crippen molar-refractivity contribution in [2.75, 3.05) is 0 Å². The van der Waals surface area contributed by atoms with Crippen molar-refractivity contribution in [3.63, 3.8) is 0 Å². The Hall–Kier alpha value is -1.77. The minimum Gasteiger partial charge on any atom is -0.364 e. The molecule has 2 rings (SSSR count). The second-order valence-electron chi connectivity index (χ2n) is 4.39. The van der Waals surface area contributed by atoms with Crippen LogP contribution in [0.4, 0.5) is 0 Å². The first-order valence-electron chi connectivity index (χ1n) is 5.40. The van der Waals surface area contributed by atoms with Crippen LogP contribution in [0.1, 0.15) is 35.8 Å². The monoisotopic (exact) mass is 216 g/mol. The van der Waals surface area contributed by atoms with Gasteiger partial charge < -0.3 is 10.3 Å². The lowest BCUT2D eigenvalue weighted by Crippen LogP contribution is -2.15. The number of hydrogen-bond donors (Lipinski definition) is 1. The molecule has 1 aromatic heterocycles. The maximum Gasteiger partial charge on any atom is 0.265 e. The molecule has 0 aliphatic rings. The summed E-state index contributed by atoms with van der Waals surface area (Å²) in [7, 11) is 1.88. The summed E-state index contributed by atoms with van der Waals surface area (Å²) in [5, 5.41) is 1.07. The van der Waals surface area contributed by atoms with E-state index in [0.717, 1.165) is 10.9 Å². The van der Waals surface area contributed by atoms with Crippen LogP contribution in [0.3, 0.4) is 0 Å². The van der Waals surface area contributed by atoms with Gasteiger partial charge in [-0.1, -0.05) is 32.0 Å². The van der Waals surface area contributed by atoms with Gasteiger partial charge in [-0.15, -0.1) is 0 Å². The Bertz CT molecular complexity index is 552. The van der Waals surface area contributed by atoms with Crippen LogP contribution in [0.15, 0.2) is 24.3 Å². The quantitative estimate of drug-likeness (QED) is 0.823. The molecule has 2 aromatic rings. The molecule has 0 saturated heterocycles. The zero-order valence-electron chi connectivity index (χ0n) is 9.82. The Kier molecular flexibility index (Phi) is 2.46. The molecular weight excluding hydrogens is 200 g/mol. The fourth-order valence-electron chi connectivity index (χ4n) is 2.15. The summed E-state index contributed by atoms with van der Waals surface area (Å²) in [6.07, 6.45) is 0. The standard InChI is InChI=1S/C13H16N2O/c1-8(2)10-6-4-5-9-7-11(13(14)16)15(3)12(9)10/h4-8H,1-3H3,(H2,14,16). The third-order valence-corrected chi connectivity index (χ3v) is 2.96. The number of rotatable bonds is 2. The van der Waals surface area contributed by atoms with Gasteiger partial charge in [0.15, 0.2) is 0 Å². The molecule has 1 aromatic carbocycles. The van der Waals surface area contributed by atoms with Crippen LogP contribution in [0.2, 0.25) is 0 Å². The highest BCUT2D eigenvalue weighted by Gasteiger charge is 2.14. The number of aryl methyl sites for hydroxylation is 1. The number of carbonyl (C=O) groups is 1. The van der Waals surface area contributed by atoms with Crippen LogP contribution in [0.25, 0.3) is 10.9 Å². The predicted octanol–water partition coefficient (Wildman–Crippen LogP) is 2.40. The molecule has 0 unspecified atom stereocenters. The summed E-state index contributed by atoms with van der Waals surface area (Å²) in [5.74, 6) is 0.0476. The third kappa shape index (κ3) is 1.48. The van der Waals surface area contributed by atoms with Crippen molar-refractivity contribution in [1.82, 2.24) is 4.57 Å². The molecule has 0 radical (unpaired) electrons. The van der Waals surface area contributed by atoms with Crippen molar-refractivity contribution in [1.29, 1.82) is 0 Å². The molecule has 0 aliphatic carbocycles. The lowest BCUT2D eigenvalue weighted by Gasteiger charge is -2.09. The summed E-state index contributed by atoms with van der Waals surface area (Å²) in [4.78, 5) is 11.3. The van der Waals surface area contributed by atoms with Crippen LogP contribution >= 0.6 is 0 Å². The van der Waals surface area contributed by atoms with Gasteiger partial charge in [0.25, 0.3) is 5.91 Å². The summed E-state index contributed by atoms with van der Waals surface area (Å²) >= 11 is 0. The minimum atomic E-state index is -0.381. The molecule has 0 atom stereocenters. The average Bonchev–Trinajstić information content (AvgIpc) is 2.56. The summed E-state index contributed by atoms with van der Waals surface area (Å²) < 4.78 is 1.88. The molecule has 2 N–H and O–H groups in total. The van der Waals surface area contributed by atoms with Gasteiger partial charge in [-0.25, -0.2) is 0 Å². The number of hydrogen-bond acceptors (Lipinski definition) is 1. The Balaban J connectivity index is 2.82. The van der Waals surface area contributed by atoms with E-state index >= 15 is 0 Å². The van der Waals surface area contributed by atoms with E-state index < -0.39 is 0 Å². The molecule has 16 heavy (non-hydrogen) atoms. The molecule has 0 bridgehead atoms. The highest BCUT2D eigenvalue weighted by atomic mass is 16.1. The number of fused-ring (bicyclic) bond motifs is 1. The van der Waals surface area contributed by atoms with E-state index in [4.69, 9.17) is 5.73 Å². The summed E-state index contributed by atoms with van der Waals surface area (Å²) in [6.45, 7) is 4.29. The smallest absolute Gasteiger partial charge is 0.265 e. The van der Waals surface area contributed by atoms with Crippen molar-refractivity contribution >= 4 is 16.8 Å². The van der Waals surface area contributed by atoms with E-state index in [1.54, 1.807) is 0 Å². The van der Waals surface area contributed by atoms with E-state index in [-0.39, 0.29) is 5.91 Å². The highest BCUT2D eigenvalue weighted by Crippen LogP contribution is 2.27. The molecule has 0 aliphatic heterocycles. The van der Waals surface area contributed by atoms with Gasteiger partial charge in [0.1, 0.15) is 5.69 Å². The zero-order valence-corrected chi connectivity index (χ0v) is 9.82. The second-order valence-corrected chi connectivity index (χ2v) is 4.39. The second kappa shape index (κ2) is 3.67. The van der Waals surface area contributed by atoms with Crippen molar-refractivity contribution in [3.8, 4) is 0 Å². The molecule has 0 fully saturated rings. The van der Waals surface area contributed by atoms with Gasteiger partial charge in [0.05, 0.1) is 5.52 Å². The molecule has 3 nitrogen and oxygen atoms in total. The first-order chi connectivity index (χ1) is 7.52. The lowest BCUT2D eigenvalue weighted by molar-refractivity contribution is 0.0993. The molecule has 0 saturated carbocycles. The van der Waals surface area contributed by atoms with Gasteiger partial charge >= 0.3 is 0 Å². The number of amides is 1. The molecule has 84 valence electrons. The van der Waals surface area contributed by atoms with Gasteiger partial charge in [-0.2, -0.15) is 0 Å². The van der Waals surface area contributed by atoms with E-state index in [0.29, 0.717) is 11.6 Å². The molecule has 1 heterocycles. The Morgan fingerprint density at radius 3 is 2.62 bits per heavy atom. The Morgan fingerprint density at radius 1 is 1.38 bits per heavy atom. The first kappa shape index (κ1) is 10.7. The van der Waals surface area contributed by atoms with Crippen LogP contribution in [0.5, 0.6) is 0 Å². The normalized spacial score (nSPS) is 11.2. The van der Waals surface area contributed by atoms with E-state index in [1.807, 2.05) is 29.8 Å². The number of aromatic nitrogens is 1. The topological polar surface area (TPSA) is 48.0 Å². The fraction of sp³-hybridized carbons (Fsp3) is 0.308. The van der Waals surface area contributed by atoms with Crippen molar-refractivity contribution < 1.29 is 4.79 Å². The molecular formula is C13H16N2O. The highest BCUT2D eigenvalue weighted by molar-refractivity contribution is 5.98. The number of nitrogens with two attached hydrogens (primary N) is 1. The van der Waals surface area contributed by atoms with Crippen LogP contribution in [0, 0.1) is 0 Å². The third-order valence-electron chi connectivity index (χ3n) is 2.96. The van der Waals surface area contributed by atoms with E-state index in [1.165, 1.54) is 5.56 Å². The molecule has 0 spiro atoms. The molecule has 1 amide bonds. The number of carbonyl (C=O) groups excluding carboxylic acids is 1. The van der Waals surface area contributed by atoms with Gasteiger partial charge in [0.2, 0.25) is 0 Å². The summed E-state index contributed by atoms with van der Waals surface area (Å²) in [6, 6.07) is 7.97. The minimum absolute atomic E-state index is 0.381. The fourth-order valence-corrected chi connectivity index (χ4v) is 2.15. The average molecular weight is 216 g/mol. The largest absolute Gasteiger partial charge is 0.364 e. The first-order valence-corrected chi connectivity index (χ1v) is 5.40. The maximum absolute atomic E-state index is 11.3. The lowest BCUT2D eigenvalue weighted by atomic mass is 10.0. The Labute approximate surface area is 94.9 Å². The van der Waals surface area contributed by atoms with Crippen LogP contribution in [-0.2, 0) is 7.05 Å². The van der Waals surface area contributed by atoms with Gasteiger partial charge in [-0.05, 0) is 17.5 Å². The van der Waals surface area contributed by atoms with Gasteiger partial charge in [-0.3, -0.25) is 4.79 Å². The van der Waals surface area contributed by atoms with Crippen molar-refractivity contribution in [2.45, 2.75) is 19.8 Å². The van der Waals surface area contributed by atoms with Crippen LogP contribution in [-0.4, -0.2) is 10.5 Å². The number of benzene rings is 1. The summed E-state index contributed by atoms with van der Waals surface area (Å²) in [5.41, 5.74) is 8.25. The van der Waals surface area contributed by atoms with Gasteiger partial charge in [0, 0.05) is 12.4 Å². The molecule has 3 heteroatoms. The van der Waals surface area contributed by atoms with Crippen LogP contribution < -0.4 is 5.73 Å². The number of para-hydroxylation sites is 1.